The monoisotopic (exact) mass is 261 g/mol. The second-order valence-electron chi connectivity index (χ2n) is 4.05. The zero-order valence-electron chi connectivity index (χ0n) is 10.3. The van der Waals surface area contributed by atoms with Gasteiger partial charge in [0.25, 0.3) is 5.69 Å². The van der Waals surface area contributed by atoms with Crippen molar-refractivity contribution in [3.63, 3.8) is 0 Å². The SMILES string of the molecule is Cc1c(-n2ccnc2C)cc(C(=O)O)cc1[N+](=O)[O-]. The Labute approximate surface area is 108 Å². The Balaban J connectivity index is 2.76. The lowest BCUT2D eigenvalue weighted by Crippen LogP contribution is -2.06. The molecule has 0 aliphatic heterocycles. The molecule has 0 radical (unpaired) electrons. The summed E-state index contributed by atoms with van der Waals surface area (Å²) >= 11 is 0. The number of nitrogens with zero attached hydrogens (tertiary/aromatic N) is 3. The van der Waals surface area contributed by atoms with Crippen LogP contribution in [0.1, 0.15) is 21.7 Å². The number of aromatic nitrogens is 2. The van der Waals surface area contributed by atoms with Gasteiger partial charge < -0.3 is 9.67 Å². The van der Waals surface area contributed by atoms with E-state index in [0.717, 1.165) is 6.07 Å². The zero-order valence-corrected chi connectivity index (χ0v) is 10.3. The molecule has 2 aromatic rings. The average molecular weight is 261 g/mol. The van der Waals surface area contributed by atoms with Gasteiger partial charge in [0.2, 0.25) is 0 Å². The van der Waals surface area contributed by atoms with Crippen LogP contribution >= 0.6 is 0 Å². The number of carboxylic acid groups (broad SMARTS) is 1. The standard InChI is InChI=1S/C12H11N3O4/c1-7-10(14-4-3-13-8(14)2)5-9(12(16)17)6-11(7)15(18)19/h3-6H,1-2H3,(H,16,17). The number of aryl methyl sites for hydroxylation is 1. The van der Waals surface area contributed by atoms with Gasteiger partial charge in [0.05, 0.1) is 21.7 Å². The highest BCUT2D eigenvalue weighted by Crippen LogP contribution is 2.27. The molecular formula is C12H11N3O4. The molecule has 7 nitrogen and oxygen atoms in total. The summed E-state index contributed by atoms with van der Waals surface area (Å²) in [7, 11) is 0. The van der Waals surface area contributed by atoms with Gasteiger partial charge in [0, 0.05) is 18.5 Å². The Kier molecular flexibility index (Phi) is 3.04. The molecule has 0 bridgehead atoms. The van der Waals surface area contributed by atoms with Crippen molar-refractivity contribution >= 4 is 11.7 Å². The third-order valence-corrected chi connectivity index (χ3v) is 2.88. The number of hydrogen-bond acceptors (Lipinski definition) is 4. The molecule has 19 heavy (non-hydrogen) atoms. The predicted octanol–water partition coefficient (Wildman–Crippen LogP) is 2.10. The fourth-order valence-electron chi connectivity index (χ4n) is 1.88. The molecule has 0 unspecified atom stereocenters. The molecule has 98 valence electrons. The molecule has 1 heterocycles. The van der Waals surface area contributed by atoms with E-state index >= 15 is 0 Å². The van der Waals surface area contributed by atoms with Crippen LogP contribution in [0.4, 0.5) is 5.69 Å². The van der Waals surface area contributed by atoms with Gasteiger partial charge in [-0.1, -0.05) is 0 Å². The summed E-state index contributed by atoms with van der Waals surface area (Å²) < 4.78 is 1.62. The van der Waals surface area contributed by atoms with E-state index in [1.807, 2.05) is 0 Å². The number of hydrogen-bond donors (Lipinski definition) is 1. The molecule has 0 saturated carbocycles. The van der Waals surface area contributed by atoms with Crippen LogP contribution in [0.5, 0.6) is 0 Å². The second kappa shape index (κ2) is 4.52. The number of imidazole rings is 1. The van der Waals surface area contributed by atoms with E-state index < -0.39 is 10.9 Å². The molecule has 1 N–H and O–H groups in total. The minimum absolute atomic E-state index is 0.125. The van der Waals surface area contributed by atoms with E-state index in [1.165, 1.54) is 6.07 Å². The zero-order chi connectivity index (χ0) is 14.2. The summed E-state index contributed by atoms with van der Waals surface area (Å²) in [6.07, 6.45) is 3.18. The van der Waals surface area contributed by atoms with Crippen molar-refractivity contribution < 1.29 is 14.8 Å². The molecule has 1 aromatic carbocycles. The first-order valence-electron chi connectivity index (χ1n) is 5.44. The van der Waals surface area contributed by atoms with E-state index in [-0.39, 0.29) is 11.3 Å². The molecule has 0 aliphatic rings. The largest absolute Gasteiger partial charge is 0.478 e. The fourth-order valence-corrected chi connectivity index (χ4v) is 1.88. The maximum atomic E-state index is 11.0. The summed E-state index contributed by atoms with van der Waals surface area (Å²) in [4.78, 5) is 25.5. The molecule has 2 rings (SSSR count). The molecule has 0 amide bonds. The van der Waals surface area contributed by atoms with Gasteiger partial charge in [-0.05, 0) is 19.9 Å². The van der Waals surface area contributed by atoms with Crippen LogP contribution in [-0.2, 0) is 0 Å². The van der Waals surface area contributed by atoms with Crippen LogP contribution in [0.25, 0.3) is 5.69 Å². The Bertz CT molecular complexity index is 676. The van der Waals surface area contributed by atoms with Crippen molar-refractivity contribution in [3.8, 4) is 5.69 Å². The van der Waals surface area contributed by atoms with E-state index in [1.54, 1.807) is 30.8 Å². The average Bonchev–Trinajstić information content (AvgIpc) is 2.75. The van der Waals surface area contributed by atoms with Crippen LogP contribution in [0.2, 0.25) is 0 Å². The van der Waals surface area contributed by atoms with E-state index in [2.05, 4.69) is 4.98 Å². The Hall–Kier alpha value is -2.70. The van der Waals surface area contributed by atoms with E-state index in [4.69, 9.17) is 5.11 Å². The van der Waals surface area contributed by atoms with Crippen LogP contribution in [0.15, 0.2) is 24.5 Å². The summed E-state index contributed by atoms with van der Waals surface area (Å²) in [5.41, 5.74) is 0.501. The summed E-state index contributed by atoms with van der Waals surface area (Å²) in [5.74, 6) is -0.581. The number of rotatable bonds is 3. The number of benzene rings is 1. The molecule has 0 aliphatic carbocycles. The fraction of sp³-hybridized carbons (Fsp3) is 0.167. The first-order valence-corrected chi connectivity index (χ1v) is 5.44. The van der Waals surface area contributed by atoms with Gasteiger partial charge in [-0.15, -0.1) is 0 Å². The minimum Gasteiger partial charge on any atom is -0.478 e. The van der Waals surface area contributed by atoms with Gasteiger partial charge in [0.15, 0.2) is 0 Å². The third kappa shape index (κ3) is 2.17. The number of nitro benzene ring substituents is 1. The highest BCUT2D eigenvalue weighted by Gasteiger charge is 2.20. The van der Waals surface area contributed by atoms with Crippen molar-refractivity contribution in [2.24, 2.45) is 0 Å². The summed E-state index contributed by atoms with van der Waals surface area (Å²) in [6.45, 7) is 3.32. The van der Waals surface area contributed by atoms with Crippen molar-refractivity contribution in [1.82, 2.24) is 9.55 Å². The van der Waals surface area contributed by atoms with Crippen molar-refractivity contribution in [2.45, 2.75) is 13.8 Å². The van der Waals surface area contributed by atoms with E-state index in [0.29, 0.717) is 17.1 Å². The van der Waals surface area contributed by atoms with Crippen LogP contribution < -0.4 is 0 Å². The van der Waals surface area contributed by atoms with E-state index in [9.17, 15) is 14.9 Å². The van der Waals surface area contributed by atoms with Gasteiger partial charge in [-0.25, -0.2) is 9.78 Å². The Morgan fingerprint density at radius 1 is 1.42 bits per heavy atom. The first kappa shape index (κ1) is 12.7. The number of aromatic carboxylic acids is 1. The van der Waals surface area contributed by atoms with Crippen LogP contribution in [0, 0.1) is 24.0 Å². The molecule has 0 fully saturated rings. The predicted molar refractivity (Wildman–Crippen MR) is 66.7 cm³/mol. The highest BCUT2D eigenvalue weighted by atomic mass is 16.6. The van der Waals surface area contributed by atoms with Gasteiger partial charge in [-0.2, -0.15) is 0 Å². The van der Waals surface area contributed by atoms with Crippen molar-refractivity contribution in [1.29, 1.82) is 0 Å². The second-order valence-corrected chi connectivity index (χ2v) is 4.05. The van der Waals surface area contributed by atoms with Crippen LogP contribution in [0.3, 0.4) is 0 Å². The Morgan fingerprint density at radius 2 is 2.11 bits per heavy atom. The van der Waals surface area contributed by atoms with Gasteiger partial charge in [-0.3, -0.25) is 10.1 Å². The first-order chi connectivity index (χ1) is 8.91. The van der Waals surface area contributed by atoms with Crippen molar-refractivity contribution in [3.05, 3.63) is 51.6 Å². The smallest absolute Gasteiger partial charge is 0.336 e. The lowest BCUT2D eigenvalue weighted by Gasteiger charge is -2.10. The van der Waals surface area contributed by atoms with Crippen LogP contribution in [-0.4, -0.2) is 25.6 Å². The Morgan fingerprint density at radius 3 is 2.58 bits per heavy atom. The quantitative estimate of drug-likeness (QED) is 0.673. The molecule has 0 spiro atoms. The van der Waals surface area contributed by atoms with Gasteiger partial charge in [0.1, 0.15) is 5.82 Å². The topological polar surface area (TPSA) is 98.3 Å². The summed E-state index contributed by atoms with van der Waals surface area (Å²) in [5, 5.41) is 20.0. The minimum atomic E-state index is -1.21. The lowest BCUT2D eigenvalue weighted by atomic mass is 10.1. The normalized spacial score (nSPS) is 10.4. The maximum Gasteiger partial charge on any atom is 0.336 e. The molecular weight excluding hydrogens is 250 g/mol. The molecule has 0 saturated heterocycles. The number of carbonyl (C=O) groups is 1. The summed E-state index contributed by atoms with van der Waals surface area (Å²) in [6, 6.07) is 2.47. The van der Waals surface area contributed by atoms with Gasteiger partial charge >= 0.3 is 5.97 Å². The third-order valence-electron chi connectivity index (χ3n) is 2.88. The number of carboxylic acids is 1. The van der Waals surface area contributed by atoms with Crippen molar-refractivity contribution in [2.75, 3.05) is 0 Å². The highest BCUT2D eigenvalue weighted by molar-refractivity contribution is 5.89. The number of nitro groups is 1. The molecule has 1 aromatic heterocycles. The molecule has 7 heteroatoms. The lowest BCUT2D eigenvalue weighted by molar-refractivity contribution is -0.385. The maximum absolute atomic E-state index is 11.0. The molecule has 0 atom stereocenters.